The number of para-hydroxylation sites is 4. The van der Waals surface area contributed by atoms with Crippen molar-refractivity contribution >= 4 is 22.1 Å². The van der Waals surface area contributed by atoms with Gasteiger partial charge < -0.3 is 66.0 Å². The van der Waals surface area contributed by atoms with Gasteiger partial charge in [0.25, 0.3) is 0 Å². The third-order valence-corrected chi connectivity index (χ3v) is 9.27. The summed E-state index contributed by atoms with van der Waals surface area (Å²) >= 11 is 0. The Balaban J connectivity index is 1.04. The quantitative estimate of drug-likeness (QED) is 0.0508. The molecular formula is C45H65N5O12. The van der Waals surface area contributed by atoms with E-state index < -0.39 is 0 Å². The van der Waals surface area contributed by atoms with E-state index in [2.05, 4.69) is 21.3 Å². The van der Waals surface area contributed by atoms with E-state index >= 15 is 0 Å². The van der Waals surface area contributed by atoms with E-state index in [4.69, 9.17) is 71.8 Å². The number of hydrogen-bond donors (Lipinski definition) is 0. The lowest BCUT2D eigenvalue weighted by Crippen LogP contribution is -2.15. The molecule has 0 saturated heterocycles. The molecule has 5 rings (SSSR count). The summed E-state index contributed by atoms with van der Waals surface area (Å²) in [4.78, 5) is 15.2. The number of rotatable bonds is 38. The van der Waals surface area contributed by atoms with Crippen LogP contribution >= 0.6 is 0 Å². The lowest BCUT2D eigenvalue weighted by molar-refractivity contribution is -0.0149. The zero-order chi connectivity index (χ0) is 43.1. The predicted octanol–water partition coefficient (Wildman–Crippen LogP) is 4.57. The van der Waals surface area contributed by atoms with Crippen LogP contribution in [0.15, 0.2) is 66.7 Å². The molecule has 0 fully saturated rings. The molecule has 17 nitrogen and oxygen atoms in total. The SMILES string of the molecule is COCCOCCOCCOCCOCCOCCn1c(-c2cccc(-c3nc4ccccc4n3CCOCCOCCOCCOCCOCCOC)n2)nc2ccccc21. The summed E-state index contributed by atoms with van der Waals surface area (Å²) in [5.74, 6) is 1.52. The van der Waals surface area contributed by atoms with Crippen LogP contribution in [-0.4, -0.2) is 184 Å². The van der Waals surface area contributed by atoms with Gasteiger partial charge in [-0.2, -0.15) is 0 Å². The highest BCUT2D eigenvalue weighted by Crippen LogP contribution is 2.28. The van der Waals surface area contributed by atoms with Gasteiger partial charge in [-0.05, 0) is 36.4 Å². The molecule has 0 aliphatic carbocycles. The molecule has 0 saturated carbocycles. The molecule has 5 aromatic rings. The molecule has 0 atom stereocenters. The van der Waals surface area contributed by atoms with Crippen LogP contribution in [0.3, 0.4) is 0 Å². The van der Waals surface area contributed by atoms with Crippen LogP contribution in [0.4, 0.5) is 0 Å². The van der Waals surface area contributed by atoms with Crippen molar-refractivity contribution < 1.29 is 56.8 Å². The molecule has 0 spiro atoms. The molecule has 0 radical (unpaired) electrons. The number of nitrogens with zero attached hydrogens (tertiary/aromatic N) is 5. The Labute approximate surface area is 364 Å². The van der Waals surface area contributed by atoms with E-state index in [1.165, 1.54) is 0 Å². The van der Waals surface area contributed by atoms with E-state index in [-0.39, 0.29) is 0 Å². The van der Waals surface area contributed by atoms with Gasteiger partial charge in [-0.3, -0.25) is 0 Å². The average Bonchev–Trinajstić information content (AvgIpc) is 3.87. The van der Waals surface area contributed by atoms with E-state index in [9.17, 15) is 0 Å². The summed E-state index contributed by atoms with van der Waals surface area (Å²) in [6, 6.07) is 22.2. The maximum Gasteiger partial charge on any atom is 0.159 e. The molecule has 3 heterocycles. The first-order valence-corrected chi connectivity index (χ1v) is 21.4. The first-order chi connectivity index (χ1) is 30.8. The van der Waals surface area contributed by atoms with E-state index in [0.29, 0.717) is 158 Å². The zero-order valence-corrected chi connectivity index (χ0v) is 36.5. The summed E-state index contributed by atoms with van der Waals surface area (Å²) in [7, 11) is 3.30. The molecule has 342 valence electrons. The highest BCUT2D eigenvalue weighted by molar-refractivity contribution is 5.82. The van der Waals surface area contributed by atoms with E-state index in [1.54, 1.807) is 14.2 Å². The van der Waals surface area contributed by atoms with Crippen LogP contribution in [0.1, 0.15) is 0 Å². The Bertz CT molecular complexity index is 1780. The molecule has 3 aromatic heterocycles. The molecule has 0 unspecified atom stereocenters. The Morgan fingerprint density at radius 2 is 0.613 bits per heavy atom. The van der Waals surface area contributed by atoms with Crippen molar-refractivity contribution in [3.8, 4) is 23.0 Å². The smallest absolute Gasteiger partial charge is 0.159 e. The second kappa shape index (κ2) is 31.0. The van der Waals surface area contributed by atoms with E-state index in [0.717, 1.165) is 45.1 Å². The topological polar surface area (TPSA) is 159 Å². The van der Waals surface area contributed by atoms with Gasteiger partial charge in [-0.1, -0.05) is 30.3 Å². The summed E-state index contributed by atoms with van der Waals surface area (Å²) in [6.45, 7) is 12.5. The minimum Gasteiger partial charge on any atom is -0.382 e. The highest BCUT2D eigenvalue weighted by Gasteiger charge is 2.18. The molecule has 0 aliphatic heterocycles. The molecule has 17 heteroatoms. The number of hydrogen-bond acceptors (Lipinski definition) is 15. The largest absolute Gasteiger partial charge is 0.382 e. The van der Waals surface area contributed by atoms with Crippen LogP contribution in [0.2, 0.25) is 0 Å². The monoisotopic (exact) mass is 867 g/mol. The number of methoxy groups -OCH3 is 2. The Hall–Kier alpha value is -3.95. The number of aromatic nitrogens is 5. The van der Waals surface area contributed by atoms with Crippen molar-refractivity contribution in [2.75, 3.05) is 160 Å². The molecule has 0 amide bonds. The third-order valence-electron chi connectivity index (χ3n) is 9.27. The van der Waals surface area contributed by atoms with Gasteiger partial charge in [0.2, 0.25) is 0 Å². The van der Waals surface area contributed by atoms with Crippen molar-refractivity contribution in [1.29, 1.82) is 0 Å². The molecule has 2 aromatic carbocycles. The van der Waals surface area contributed by atoms with Crippen LogP contribution in [0.5, 0.6) is 0 Å². The fraction of sp³-hybridized carbons (Fsp3) is 0.578. The number of imidazole rings is 2. The van der Waals surface area contributed by atoms with Gasteiger partial charge >= 0.3 is 0 Å². The summed E-state index contributed by atoms with van der Waals surface area (Å²) < 4.78 is 70.4. The lowest BCUT2D eigenvalue weighted by Gasteiger charge is -2.12. The number of pyridine rings is 1. The van der Waals surface area contributed by atoms with Gasteiger partial charge in [0.05, 0.1) is 167 Å². The van der Waals surface area contributed by atoms with Gasteiger partial charge in [0.1, 0.15) is 11.4 Å². The first kappa shape index (κ1) is 49.1. The standard InChI is InChI=1S/C45H65N5O12/c1-51-18-20-55-26-28-59-34-36-61-32-30-57-24-22-53-16-14-49-42-12-5-3-8-38(42)47-44(49)40-10-7-11-41(46-40)45-48-39-9-4-6-13-43(39)50(45)15-17-54-23-25-58-31-33-62-37-35-60-29-27-56-21-19-52-2/h3-13H,14-37H2,1-2H3. The summed E-state index contributed by atoms with van der Waals surface area (Å²) in [5, 5.41) is 0. The minimum absolute atomic E-state index is 0.466. The van der Waals surface area contributed by atoms with Crippen LogP contribution in [0, 0.1) is 0 Å². The van der Waals surface area contributed by atoms with Gasteiger partial charge in [0.15, 0.2) is 11.6 Å². The number of fused-ring (bicyclic) bond motifs is 2. The van der Waals surface area contributed by atoms with Gasteiger partial charge in [0, 0.05) is 27.3 Å². The van der Waals surface area contributed by atoms with Crippen molar-refractivity contribution in [2.45, 2.75) is 13.1 Å². The summed E-state index contributed by atoms with van der Waals surface area (Å²) in [5.41, 5.74) is 5.29. The third kappa shape index (κ3) is 17.7. The number of benzene rings is 2. The zero-order valence-electron chi connectivity index (χ0n) is 36.5. The van der Waals surface area contributed by atoms with Crippen molar-refractivity contribution in [3.63, 3.8) is 0 Å². The molecule has 0 bridgehead atoms. The Morgan fingerprint density at radius 3 is 0.935 bits per heavy atom. The number of ether oxygens (including phenoxy) is 12. The molecule has 0 N–H and O–H groups in total. The van der Waals surface area contributed by atoms with Crippen LogP contribution in [-0.2, 0) is 69.9 Å². The maximum atomic E-state index is 5.98. The van der Waals surface area contributed by atoms with Gasteiger partial charge in [-0.25, -0.2) is 15.0 Å². The molecule has 0 aliphatic rings. The summed E-state index contributed by atoms with van der Waals surface area (Å²) in [6.07, 6.45) is 0. The van der Waals surface area contributed by atoms with Crippen molar-refractivity contribution in [2.24, 2.45) is 0 Å². The molecule has 62 heavy (non-hydrogen) atoms. The second-order valence-corrected chi connectivity index (χ2v) is 13.7. The Kier molecular flexibility index (Phi) is 24.5. The van der Waals surface area contributed by atoms with Crippen molar-refractivity contribution in [3.05, 3.63) is 66.7 Å². The average molecular weight is 868 g/mol. The first-order valence-electron chi connectivity index (χ1n) is 21.4. The van der Waals surface area contributed by atoms with E-state index in [1.807, 2.05) is 54.6 Å². The maximum absolute atomic E-state index is 5.98. The fourth-order valence-electron chi connectivity index (χ4n) is 6.24. The van der Waals surface area contributed by atoms with Crippen LogP contribution in [0.25, 0.3) is 45.1 Å². The highest BCUT2D eigenvalue weighted by atomic mass is 16.6. The minimum atomic E-state index is 0.466. The normalized spacial score (nSPS) is 11.8. The molecular weight excluding hydrogens is 803 g/mol. The Morgan fingerprint density at radius 1 is 0.323 bits per heavy atom. The lowest BCUT2D eigenvalue weighted by atomic mass is 10.2. The fourth-order valence-corrected chi connectivity index (χ4v) is 6.24. The van der Waals surface area contributed by atoms with Crippen LogP contribution < -0.4 is 0 Å². The second-order valence-electron chi connectivity index (χ2n) is 13.7. The van der Waals surface area contributed by atoms with Gasteiger partial charge in [-0.15, -0.1) is 0 Å². The van der Waals surface area contributed by atoms with Crippen molar-refractivity contribution in [1.82, 2.24) is 24.1 Å². The predicted molar refractivity (Wildman–Crippen MR) is 234 cm³/mol.